The number of halogens is 1. The summed E-state index contributed by atoms with van der Waals surface area (Å²) in [5.74, 6) is 0.750. The van der Waals surface area contributed by atoms with Crippen molar-refractivity contribution in [3.8, 4) is 0 Å². The quantitative estimate of drug-likeness (QED) is 0.252. The Morgan fingerprint density at radius 2 is 1.82 bits per heavy atom. The molecule has 186 valence electrons. The van der Waals surface area contributed by atoms with Crippen LogP contribution in [0.3, 0.4) is 0 Å². The highest BCUT2D eigenvalue weighted by atomic mass is 127. The topological polar surface area (TPSA) is 63.1 Å². The summed E-state index contributed by atoms with van der Waals surface area (Å²) < 4.78 is 0. The van der Waals surface area contributed by atoms with Gasteiger partial charge in [0.05, 0.1) is 18.7 Å². The average Bonchev–Trinajstić information content (AvgIpc) is 3.38. The van der Waals surface area contributed by atoms with Crippen LogP contribution in [0.1, 0.15) is 49.4 Å². The number of anilines is 1. The van der Waals surface area contributed by atoms with Crippen LogP contribution in [0.2, 0.25) is 0 Å². The van der Waals surface area contributed by atoms with E-state index in [-0.39, 0.29) is 30.0 Å². The first-order valence-corrected chi connectivity index (χ1v) is 12.5. The van der Waals surface area contributed by atoms with Gasteiger partial charge in [0.1, 0.15) is 0 Å². The highest BCUT2D eigenvalue weighted by molar-refractivity contribution is 14.0. The molecule has 1 fully saturated rings. The van der Waals surface area contributed by atoms with Gasteiger partial charge in [0.25, 0.3) is 0 Å². The van der Waals surface area contributed by atoms with E-state index >= 15 is 0 Å². The molecule has 2 unspecified atom stereocenters. The molecule has 34 heavy (non-hydrogen) atoms. The summed E-state index contributed by atoms with van der Waals surface area (Å²) in [5, 5.41) is 17.5. The van der Waals surface area contributed by atoms with Gasteiger partial charge in [0.2, 0.25) is 0 Å². The molecule has 2 aromatic carbocycles. The van der Waals surface area contributed by atoms with Crippen LogP contribution < -0.4 is 15.5 Å². The minimum absolute atomic E-state index is 0. The monoisotopic (exact) mass is 577 g/mol. The van der Waals surface area contributed by atoms with E-state index in [2.05, 4.69) is 82.8 Å². The number of benzene rings is 2. The lowest BCUT2D eigenvalue weighted by Gasteiger charge is -2.30. The molecule has 4 rings (SSSR count). The molecule has 2 aromatic rings. The molecule has 0 radical (unpaired) electrons. The number of aliphatic hydroxyl groups is 1. The first kappa shape index (κ1) is 26.8. The van der Waals surface area contributed by atoms with Crippen molar-refractivity contribution in [2.75, 3.05) is 44.2 Å². The maximum atomic E-state index is 10.7. The molecule has 7 heteroatoms. The molecule has 0 saturated carbocycles. The minimum atomic E-state index is -0.487. The molecule has 2 heterocycles. The zero-order valence-corrected chi connectivity index (χ0v) is 22.9. The fraction of sp³-hybridized carbons (Fsp3) is 0.519. The van der Waals surface area contributed by atoms with Crippen molar-refractivity contribution in [2.45, 2.75) is 51.8 Å². The Hall–Kier alpha value is -1.84. The smallest absolute Gasteiger partial charge is 0.191 e. The summed E-state index contributed by atoms with van der Waals surface area (Å²) >= 11 is 0. The molecule has 2 aliphatic heterocycles. The molecular weight excluding hydrogens is 537 g/mol. The number of nitrogens with one attached hydrogen (secondary N) is 2. The average molecular weight is 578 g/mol. The molecular formula is C27H40IN5O. The van der Waals surface area contributed by atoms with Gasteiger partial charge in [-0.2, -0.15) is 0 Å². The first-order valence-electron chi connectivity index (χ1n) is 12.5. The van der Waals surface area contributed by atoms with E-state index < -0.39 is 6.10 Å². The number of aliphatic hydroxyl groups excluding tert-OH is 1. The highest BCUT2D eigenvalue weighted by Crippen LogP contribution is 2.24. The van der Waals surface area contributed by atoms with Crippen LogP contribution in [-0.2, 0) is 13.0 Å². The zero-order chi connectivity index (χ0) is 23.0. The van der Waals surface area contributed by atoms with Gasteiger partial charge in [0, 0.05) is 45.0 Å². The Labute approximate surface area is 221 Å². The number of β-amino-alcohol motifs (C(OH)–C–C–N with tert-alkyl or cyclic N) is 1. The van der Waals surface area contributed by atoms with Crippen molar-refractivity contribution in [1.29, 1.82) is 0 Å². The fourth-order valence-corrected chi connectivity index (χ4v) is 4.84. The molecule has 0 spiro atoms. The summed E-state index contributed by atoms with van der Waals surface area (Å²) in [5.41, 5.74) is 5.36. The van der Waals surface area contributed by atoms with Crippen molar-refractivity contribution in [3.63, 3.8) is 0 Å². The Bertz CT molecular complexity index is 931. The molecule has 2 atom stereocenters. The van der Waals surface area contributed by atoms with E-state index in [0.29, 0.717) is 13.1 Å². The third kappa shape index (κ3) is 7.33. The van der Waals surface area contributed by atoms with Gasteiger partial charge >= 0.3 is 0 Å². The van der Waals surface area contributed by atoms with Crippen molar-refractivity contribution >= 4 is 35.6 Å². The van der Waals surface area contributed by atoms with E-state index in [1.807, 2.05) is 0 Å². The number of nitrogens with zero attached hydrogens (tertiary/aromatic N) is 3. The van der Waals surface area contributed by atoms with Crippen LogP contribution >= 0.6 is 24.0 Å². The molecule has 0 amide bonds. The molecule has 1 saturated heterocycles. The molecule has 2 aliphatic rings. The molecule has 0 bridgehead atoms. The van der Waals surface area contributed by atoms with E-state index in [1.54, 1.807) is 0 Å². The zero-order valence-electron chi connectivity index (χ0n) is 20.5. The second kappa shape index (κ2) is 13.3. The molecule has 3 N–H and O–H groups in total. The Morgan fingerprint density at radius 3 is 2.59 bits per heavy atom. The van der Waals surface area contributed by atoms with Crippen LogP contribution in [0.15, 0.2) is 53.5 Å². The fourth-order valence-electron chi connectivity index (χ4n) is 4.84. The summed E-state index contributed by atoms with van der Waals surface area (Å²) in [4.78, 5) is 9.49. The van der Waals surface area contributed by atoms with Crippen LogP contribution in [0, 0.1) is 0 Å². The lowest BCUT2D eigenvalue weighted by atomic mass is 10.00. The predicted molar refractivity (Wildman–Crippen MR) is 152 cm³/mol. The SMILES string of the molecule is CCNC(=NCC(O)CN1CCc2ccccc2C1)NC(C)c1cccc(N2CCCC2)c1.I. The normalized spacial score (nSPS) is 18.1. The summed E-state index contributed by atoms with van der Waals surface area (Å²) in [7, 11) is 0. The van der Waals surface area contributed by atoms with Crippen molar-refractivity contribution in [2.24, 2.45) is 4.99 Å². The summed E-state index contributed by atoms with van der Waals surface area (Å²) in [6.45, 7) is 10.2. The van der Waals surface area contributed by atoms with Crippen molar-refractivity contribution in [1.82, 2.24) is 15.5 Å². The van der Waals surface area contributed by atoms with Crippen LogP contribution in [0.25, 0.3) is 0 Å². The highest BCUT2D eigenvalue weighted by Gasteiger charge is 2.19. The third-order valence-electron chi connectivity index (χ3n) is 6.68. The van der Waals surface area contributed by atoms with Crippen LogP contribution in [0.4, 0.5) is 5.69 Å². The van der Waals surface area contributed by atoms with Gasteiger partial charge < -0.3 is 20.6 Å². The number of aliphatic imine (C=N–C) groups is 1. The van der Waals surface area contributed by atoms with E-state index in [0.717, 1.165) is 45.1 Å². The largest absolute Gasteiger partial charge is 0.390 e. The van der Waals surface area contributed by atoms with Gasteiger partial charge in [0.15, 0.2) is 5.96 Å². The maximum absolute atomic E-state index is 10.7. The minimum Gasteiger partial charge on any atom is -0.390 e. The lowest BCUT2D eigenvalue weighted by molar-refractivity contribution is 0.111. The lowest BCUT2D eigenvalue weighted by Crippen LogP contribution is -2.41. The Balaban J connectivity index is 0.00000324. The second-order valence-electron chi connectivity index (χ2n) is 9.28. The number of fused-ring (bicyclic) bond motifs is 1. The summed E-state index contributed by atoms with van der Waals surface area (Å²) in [6.07, 6.45) is 3.12. The molecule has 6 nitrogen and oxygen atoms in total. The number of rotatable bonds is 8. The van der Waals surface area contributed by atoms with Crippen LogP contribution in [0.5, 0.6) is 0 Å². The van der Waals surface area contributed by atoms with Crippen LogP contribution in [-0.4, -0.2) is 61.3 Å². The van der Waals surface area contributed by atoms with Gasteiger partial charge in [-0.1, -0.05) is 36.4 Å². The van der Waals surface area contributed by atoms with Gasteiger partial charge in [-0.25, -0.2) is 0 Å². The van der Waals surface area contributed by atoms with E-state index in [9.17, 15) is 5.11 Å². The van der Waals surface area contributed by atoms with Gasteiger partial charge in [-0.05, 0) is 61.9 Å². The Morgan fingerprint density at radius 1 is 1.06 bits per heavy atom. The van der Waals surface area contributed by atoms with E-state index in [1.165, 1.54) is 35.2 Å². The standard InChI is InChI=1S/C27H39N5O.HI/c1-3-28-27(30-21(2)23-11-8-12-25(17-23)32-14-6-7-15-32)29-18-26(33)20-31-16-13-22-9-4-5-10-24(22)19-31;/h4-5,8-12,17,21,26,33H,3,6-7,13-16,18-20H2,1-2H3,(H2,28,29,30);1H. The number of hydrogen-bond acceptors (Lipinski definition) is 4. The maximum Gasteiger partial charge on any atom is 0.191 e. The first-order chi connectivity index (χ1) is 16.1. The predicted octanol–water partition coefficient (Wildman–Crippen LogP) is 3.94. The number of hydrogen-bond donors (Lipinski definition) is 3. The summed E-state index contributed by atoms with van der Waals surface area (Å²) in [6, 6.07) is 17.5. The number of guanidine groups is 1. The van der Waals surface area contributed by atoms with E-state index in [4.69, 9.17) is 4.99 Å². The van der Waals surface area contributed by atoms with Gasteiger partial charge in [-0.15, -0.1) is 24.0 Å². The van der Waals surface area contributed by atoms with Crippen molar-refractivity contribution in [3.05, 3.63) is 65.2 Å². The van der Waals surface area contributed by atoms with Crippen molar-refractivity contribution < 1.29 is 5.11 Å². The molecule has 0 aromatic heterocycles. The molecule has 0 aliphatic carbocycles. The van der Waals surface area contributed by atoms with Gasteiger partial charge in [-0.3, -0.25) is 9.89 Å². The Kier molecular flexibility index (Phi) is 10.5. The third-order valence-corrected chi connectivity index (χ3v) is 6.68. The second-order valence-corrected chi connectivity index (χ2v) is 9.28.